The van der Waals surface area contributed by atoms with E-state index >= 15 is 0 Å². The van der Waals surface area contributed by atoms with Gasteiger partial charge in [0.05, 0.1) is 13.2 Å². The van der Waals surface area contributed by atoms with Crippen LogP contribution in [0, 0.1) is 0 Å². The molecule has 0 aliphatic carbocycles. The van der Waals surface area contributed by atoms with Crippen molar-refractivity contribution in [2.24, 2.45) is 5.11 Å². The number of benzene rings is 1. The summed E-state index contributed by atoms with van der Waals surface area (Å²) in [6, 6.07) is 6.47. The minimum absolute atomic E-state index is 0.0460. The lowest BCUT2D eigenvalue weighted by molar-refractivity contribution is -0.143. The lowest BCUT2D eigenvalue weighted by atomic mass is 10.2. The summed E-state index contributed by atoms with van der Waals surface area (Å²) >= 11 is 0. The van der Waals surface area contributed by atoms with Crippen molar-refractivity contribution in [1.82, 2.24) is 0 Å². The fourth-order valence-electron chi connectivity index (χ4n) is 1.42. The Balaban J connectivity index is 2.38. The van der Waals surface area contributed by atoms with Gasteiger partial charge >= 0.3 is 5.97 Å². The van der Waals surface area contributed by atoms with Gasteiger partial charge in [-0.1, -0.05) is 17.2 Å². The second-order valence-electron chi connectivity index (χ2n) is 3.98. The van der Waals surface area contributed by atoms with Crippen LogP contribution in [0.5, 0.6) is 5.75 Å². The van der Waals surface area contributed by atoms with Crippen molar-refractivity contribution in [1.29, 1.82) is 0 Å². The summed E-state index contributed by atoms with van der Waals surface area (Å²) in [5.41, 5.74) is 8.92. The molecule has 118 valence electrons. The van der Waals surface area contributed by atoms with Crippen LogP contribution in [0.4, 0.5) is 0 Å². The van der Waals surface area contributed by atoms with Crippen LogP contribution < -0.4 is 4.74 Å². The van der Waals surface area contributed by atoms with Gasteiger partial charge in [0, 0.05) is 10.5 Å². The summed E-state index contributed by atoms with van der Waals surface area (Å²) < 4.78 is 15.4. The molecule has 0 saturated carbocycles. The quantitative estimate of drug-likeness (QED) is 0.217. The number of carbonyl (C=O) groups excluding carboxylic acids is 1. The van der Waals surface area contributed by atoms with E-state index in [9.17, 15) is 9.59 Å². The van der Waals surface area contributed by atoms with Gasteiger partial charge in [-0.05, 0) is 17.7 Å². The van der Waals surface area contributed by atoms with Crippen molar-refractivity contribution in [3.05, 3.63) is 40.3 Å². The van der Waals surface area contributed by atoms with Crippen LogP contribution >= 0.6 is 0 Å². The smallest absolute Gasteiger partial charge is 0.329 e. The number of rotatable bonds is 11. The van der Waals surface area contributed by atoms with Crippen LogP contribution in [-0.2, 0) is 14.3 Å². The van der Waals surface area contributed by atoms with Gasteiger partial charge < -0.3 is 19.3 Å². The minimum Gasteiger partial charge on any atom is -0.491 e. The van der Waals surface area contributed by atoms with E-state index in [0.717, 1.165) is 0 Å². The third-order valence-electron chi connectivity index (χ3n) is 2.33. The number of hydrogen-bond donors (Lipinski definition) is 1. The van der Waals surface area contributed by atoms with Gasteiger partial charge in [-0.3, -0.25) is 4.79 Å². The fourth-order valence-corrected chi connectivity index (χ4v) is 1.42. The van der Waals surface area contributed by atoms with Crippen molar-refractivity contribution in [3.8, 4) is 5.75 Å². The maximum atomic E-state index is 10.6. The Labute approximate surface area is 126 Å². The number of aldehydes is 1. The van der Waals surface area contributed by atoms with Crippen molar-refractivity contribution < 1.29 is 28.9 Å². The SMILES string of the molecule is [N-]=[N+]=NC(COc1cccc(C=O)c1)OCCOCC(=O)O. The monoisotopic (exact) mass is 309 g/mol. The van der Waals surface area contributed by atoms with Gasteiger partial charge in [-0.2, -0.15) is 0 Å². The number of carboxylic acids is 1. The molecule has 0 fully saturated rings. The molecule has 0 heterocycles. The highest BCUT2D eigenvalue weighted by molar-refractivity contribution is 5.75. The molecule has 1 atom stereocenters. The lowest BCUT2D eigenvalue weighted by Gasteiger charge is -2.14. The molecule has 9 nitrogen and oxygen atoms in total. The van der Waals surface area contributed by atoms with Crippen molar-refractivity contribution in [2.45, 2.75) is 6.23 Å². The number of hydrogen-bond acceptors (Lipinski definition) is 6. The zero-order chi connectivity index (χ0) is 16.2. The van der Waals surface area contributed by atoms with Gasteiger partial charge in [-0.15, -0.1) is 0 Å². The molecule has 0 aromatic heterocycles. The number of azide groups is 1. The van der Waals surface area contributed by atoms with Crippen LogP contribution in [0.2, 0.25) is 0 Å². The topological polar surface area (TPSA) is 131 Å². The van der Waals surface area contributed by atoms with E-state index in [1.165, 1.54) is 6.07 Å². The first-order chi connectivity index (χ1) is 10.7. The van der Waals surface area contributed by atoms with Gasteiger partial charge in [0.25, 0.3) is 0 Å². The number of carbonyl (C=O) groups is 2. The van der Waals surface area contributed by atoms with E-state index in [4.69, 9.17) is 24.8 Å². The van der Waals surface area contributed by atoms with Crippen LogP contribution in [0.1, 0.15) is 10.4 Å². The number of aliphatic carboxylic acids is 1. The molecular formula is C13H15N3O6. The van der Waals surface area contributed by atoms with E-state index in [-0.39, 0.29) is 19.8 Å². The van der Waals surface area contributed by atoms with Crippen molar-refractivity contribution in [3.63, 3.8) is 0 Å². The zero-order valence-electron chi connectivity index (χ0n) is 11.6. The number of ether oxygens (including phenoxy) is 3. The van der Waals surface area contributed by atoms with Gasteiger partial charge in [0.2, 0.25) is 0 Å². The summed E-state index contributed by atoms with van der Waals surface area (Å²) in [6.07, 6.45) is -0.202. The summed E-state index contributed by atoms with van der Waals surface area (Å²) in [5.74, 6) is -0.640. The number of nitrogens with zero attached hydrogens (tertiary/aromatic N) is 3. The van der Waals surface area contributed by atoms with Crippen LogP contribution in [0.25, 0.3) is 10.4 Å². The van der Waals surface area contributed by atoms with E-state index in [1.54, 1.807) is 18.2 Å². The largest absolute Gasteiger partial charge is 0.491 e. The standard InChI is InChI=1S/C13H15N3O6/c14-16-15-12(21-5-4-20-9-13(18)19)8-22-11-3-1-2-10(6-11)7-17/h1-3,6-7,12H,4-5,8-9H2,(H,18,19). The highest BCUT2D eigenvalue weighted by Crippen LogP contribution is 2.13. The van der Waals surface area contributed by atoms with Crippen LogP contribution in [0.3, 0.4) is 0 Å². The maximum Gasteiger partial charge on any atom is 0.329 e. The Hall–Kier alpha value is -2.61. The molecule has 1 N–H and O–H groups in total. The van der Waals surface area contributed by atoms with Crippen molar-refractivity contribution >= 4 is 12.3 Å². The first kappa shape index (κ1) is 17.4. The van der Waals surface area contributed by atoms with Crippen molar-refractivity contribution in [2.75, 3.05) is 26.4 Å². The Morgan fingerprint density at radius 1 is 1.45 bits per heavy atom. The molecule has 1 aromatic carbocycles. The van der Waals surface area contributed by atoms with E-state index in [2.05, 4.69) is 10.0 Å². The molecule has 1 unspecified atom stereocenters. The Bertz CT molecular complexity index is 544. The molecule has 1 aromatic rings. The molecule has 0 aliphatic heterocycles. The predicted octanol–water partition coefficient (Wildman–Crippen LogP) is 1.63. The molecule has 0 saturated heterocycles. The summed E-state index contributed by atoms with van der Waals surface area (Å²) in [6.45, 7) is -0.380. The molecule has 1 rings (SSSR count). The first-order valence-electron chi connectivity index (χ1n) is 6.29. The third-order valence-corrected chi connectivity index (χ3v) is 2.33. The van der Waals surface area contributed by atoms with E-state index in [1.807, 2.05) is 0 Å². The highest BCUT2D eigenvalue weighted by atomic mass is 16.6. The van der Waals surface area contributed by atoms with Gasteiger partial charge in [-0.25, -0.2) is 4.79 Å². The lowest BCUT2D eigenvalue weighted by Crippen LogP contribution is -2.22. The first-order valence-corrected chi connectivity index (χ1v) is 6.29. The molecule has 0 amide bonds. The zero-order valence-corrected chi connectivity index (χ0v) is 11.6. The molecule has 0 spiro atoms. The molecule has 22 heavy (non-hydrogen) atoms. The summed E-state index contributed by atoms with van der Waals surface area (Å²) in [5, 5.41) is 11.8. The summed E-state index contributed by atoms with van der Waals surface area (Å²) in [4.78, 5) is 23.5. The maximum absolute atomic E-state index is 10.6. The average Bonchev–Trinajstić information content (AvgIpc) is 2.52. The Morgan fingerprint density at radius 3 is 2.95 bits per heavy atom. The molecular weight excluding hydrogens is 294 g/mol. The number of carboxylic acid groups (broad SMARTS) is 1. The third kappa shape index (κ3) is 7.25. The Kier molecular flexibility index (Phi) is 8.06. The molecule has 0 aliphatic rings. The second kappa shape index (κ2) is 10.2. The normalized spacial score (nSPS) is 11.3. The highest BCUT2D eigenvalue weighted by Gasteiger charge is 2.08. The molecule has 0 radical (unpaired) electrons. The predicted molar refractivity (Wildman–Crippen MR) is 74.7 cm³/mol. The fraction of sp³-hybridized carbons (Fsp3) is 0.385. The Morgan fingerprint density at radius 2 is 2.27 bits per heavy atom. The second-order valence-corrected chi connectivity index (χ2v) is 3.98. The van der Waals surface area contributed by atoms with E-state index < -0.39 is 18.8 Å². The minimum atomic E-state index is -1.08. The molecule has 0 bridgehead atoms. The van der Waals surface area contributed by atoms with Crippen LogP contribution in [0.15, 0.2) is 29.4 Å². The van der Waals surface area contributed by atoms with Gasteiger partial charge in [0.15, 0.2) is 6.23 Å². The summed E-state index contributed by atoms with van der Waals surface area (Å²) in [7, 11) is 0. The average molecular weight is 309 g/mol. The van der Waals surface area contributed by atoms with Crippen LogP contribution in [-0.4, -0.2) is 50.0 Å². The van der Waals surface area contributed by atoms with Gasteiger partial charge in [0.1, 0.15) is 25.2 Å². The van der Waals surface area contributed by atoms with E-state index in [0.29, 0.717) is 17.6 Å². The molecule has 9 heteroatoms.